The number of halogens is 1. The largest absolute Gasteiger partial charge is 0.454 e. The van der Waals surface area contributed by atoms with E-state index < -0.39 is 0 Å². The third kappa shape index (κ3) is 2.68. The maximum Gasteiger partial charge on any atom is 0.237 e. The summed E-state index contributed by atoms with van der Waals surface area (Å²) in [4.78, 5) is 7.86. The average Bonchev–Trinajstić information content (AvgIpc) is 2.30. The number of nitrogens with two attached hydrogens (primary N) is 1. The summed E-state index contributed by atoms with van der Waals surface area (Å²) in [6, 6.07) is 7.51. The van der Waals surface area contributed by atoms with Crippen LogP contribution in [-0.4, -0.2) is 9.97 Å². The van der Waals surface area contributed by atoms with E-state index >= 15 is 0 Å². The molecule has 1 heterocycles. The van der Waals surface area contributed by atoms with Crippen molar-refractivity contribution in [3.8, 4) is 11.5 Å². The van der Waals surface area contributed by atoms with Crippen molar-refractivity contribution in [1.82, 2.24) is 9.97 Å². The van der Waals surface area contributed by atoms with Gasteiger partial charge in [0, 0.05) is 4.47 Å². The molecule has 2 aromatic rings. The highest BCUT2D eigenvalue weighted by Gasteiger charge is 1.99. The van der Waals surface area contributed by atoms with Crippen LogP contribution >= 0.6 is 15.9 Å². The molecule has 0 spiro atoms. The number of hydrogen-bond acceptors (Lipinski definition) is 5. The zero-order chi connectivity index (χ0) is 11.4. The standard InChI is InChI=1S/C10H9BrN4O/c11-7-2-1-3-8(4-7)16-9-5-13-10(15-12)14-6-9/h1-6H,12H2,(H,13,14,15). The predicted octanol–water partition coefficient (Wildman–Crippen LogP) is 2.32. The van der Waals surface area contributed by atoms with Crippen molar-refractivity contribution in [2.45, 2.75) is 0 Å². The summed E-state index contributed by atoms with van der Waals surface area (Å²) in [6.45, 7) is 0. The summed E-state index contributed by atoms with van der Waals surface area (Å²) in [5, 5.41) is 0. The number of benzene rings is 1. The number of nitrogens with zero attached hydrogens (tertiary/aromatic N) is 2. The Morgan fingerprint density at radius 2 is 1.94 bits per heavy atom. The van der Waals surface area contributed by atoms with E-state index in [1.165, 1.54) is 0 Å². The molecule has 5 nitrogen and oxygen atoms in total. The van der Waals surface area contributed by atoms with Crippen molar-refractivity contribution in [3.63, 3.8) is 0 Å². The number of ether oxygens (including phenoxy) is 1. The molecule has 82 valence electrons. The molecule has 0 saturated heterocycles. The molecule has 0 radical (unpaired) electrons. The van der Waals surface area contributed by atoms with Gasteiger partial charge in [0.25, 0.3) is 0 Å². The van der Waals surface area contributed by atoms with Crippen molar-refractivity contribution in [1.29, 1.82) is 0 Å². The van der Waals surface area contributed by atoms with Gasteiger partial charge in [-0.2, -0.15) is 0 Å². The molecule has 0 atom stereocenters. The van der Waals surface area contributed by atoms with Crippen molar-refractivity contribution in [2.75, 3.05) is 5.43 Å². The first kappa shape index (κ1) is 10.8. The van der Waals surface area contributed by atoms with Gasteiger partial charge >= 0.3 is 0 Å². The van der Waals surface area contributed by atoms with Gasteiger partial charge in [-0.25, -0.2) is 15.8 Å². The lowest BCUT2D eigenvalue weighted by Gasteiger charge is -2.05. The van der Waals surface area contributed by atoms with E-state index in [4.69, 9.17) is 10.6 Å². The van der Waals surface area contributed by atoms with Crippen LogP contribution in [0, 0.1) is 0 Å². The van der Waals surface area contributed by atoms with Crippen LogP contribution in [0.1, 0.15) is 0 Å². The van der Waals surface area contributed by atoms with Gasteiger partial charge in [0.1, 0.15) is 5.75 Å². The van der Waals surface area contributed by atoms with E-state index in [1.807, 2.05) is 24.3 Å². The van der Waals surface area contributed by atoms with Gasteiger partial charge in [-0.05, 0) is 18.2 Å². The van der Waals surface area contributed by atoms with Crippen molar-refractivity contribution >= 4 is 21.9 Å². The lowest BCUT2D eigenvalue weighted by atomic mass is 10.3. The molecule has 16 heavy (non-hydrogen) atoms. The van der Waals surface area contributed by atoms with E-state index in [-0.39, 0.29) is 0 Å². The topological polar surface area (TPSA) is 73.1 Å². The molecule has 0 unspecified atom stereocenters. The highest BCUT2D eigenvalue weighted by Crippen LogP contribution is 2.23. The third-order valence-corrected chi connectivity index (χ3v) is 2.28. The predicted molar refractivity (Wildman–Crippen MR) is 64.1 cm³/mol. The smallest absolute Gasteiger partial charge is 0.237 e. The van der Waals surface area contributed by atoms with Gasteiger partial charge < -0.3 is 4.74 Å². The molecule has 0 amide bonds. The fourth-order valence-electron chi connectivity index (χ4n) is 1.11. The van der Waals surface area contributed by atoms with Crippen LogP contribution in [-0.2, 0) is 0 Å². The van der Waals surface area contributed by atoms with E-state index in [9.17, 15) is 0 Å². The van der Waals surface area contributed by atoms with Gasteiger partial charge in [-0.3, -0.25) is 5.43 Å². The molecule has 6 heteroatoms. The van der Waals surface area contributed by atoms with E-state index in [0.29, 0.717) is 17.4 Å². The second-order valence-corrected chi connectivity index (χ2v) is 3.86. The number of hydrogen-bond donors (Lipinski definition) is 2. The molecule has 3 N–H and O–H groups in total. The molecule has 0 bridgehead atoms. The van der Waals surface area contributed by atoms with Crippen LogP contribution in [0.2, 0.25) is 0 Å². The first-order valence-electron chi connectivity index (χ1n) is 4.50. The first-order valence-corrected chi connectivity index (χ1v) is 5.29. The fraction of sp³-hybridized carbons (Fsp3) is 0. The van der Waals surface area contributed by atoms with Crippen molar-refractivity contribution in [2.24, 2.45) is 5.84 Å². The first-order chi connectivity index (χ1) is 7.78. The number of hydrazine groups is 1. The molecule has 1 aromatic carbocycles. The van der Waals surface area contributed by atoms with E-state index in [1.54, 1.807) is 12.4 Å². The number of rotatable bonds is 3. The SMILES string of the molecule is NNc1ncc(Oc2cccc(Br)c2)cn1. The molecule has 0 aliphatic carbocycles. The second kappa shape index (κ2) is 4.91. The minimum atomic E-state index is 0.349. The van der Waals surface area contributed by atoms with Crippen molar-refractivity contribution < 1.29 is 4.74 Å². The second-order valence-electron chi connectivity index (χ2n) is 2.95. The summed E-state index contributed by atoms with van der Waals surface area (Å²) in [7, 11) is 0. The van der Waals surface area contributed by atoms with Crippen LogP contribution in [0.3, 0.4) is 0 Å². The minimum absolute atomic E-state index is 0.349. The molecule has 0 fully saturated rings. The maximum atomic E-state index is 5.54. The summed E-state index contributed by atoms with van der Waals surface area (Å²) in [5.74, 6) is 6.77. The summed E-state index contributed by atoms with van der Waals surface area (Å²) >= 11 is 3.36. The molecule has 1 aromatic heterocycles. The highest BCUT2D eigenvalue weighted by molar-refractivity contribution is 9.10. The van der Waals surface area contributed by atoms with Gasteiger partial charge in [0.05, 0.1) is 12.4 Å². The number of aromatic nitrogens is 2. The number of nitrogen functional groups attached to an aromatic ring is 1. The Kier molecular flexibility index (Phi) is 3.33. The van der Waals surface area contributed by atoms with Crippen LogP contribution in [0.4, 0.5) is 5.95 Å². The molecular weight excluding hydrogens is 272 g/mol. The Balaban J connectivity index is 2.14. The van der Waals surface area contributed by atoms with Crippen LogP contribution < -0.4 is 16.0 Å². The quantitative estimate of drug-likeness (QED) is 0.667. The van der Waals surface area contributed by atoms with Crippen molar-refractivity contribution in [3.05, 3.63) is 41.1 Å². The van der Waals surface area contributed by atoms with Crippen LogP contribution in [0.25, 0.3) is 0 Å². The molecule has 0 aliphatic heterocycles. The zero-order valence-electron chi connectivity index (χ0n) is 8.22. The Hall–Kier alpha value is -1.66. The Labute approximate surface area is 101 Å². The fourth-order valence-corrected chi connectivity index (χ4v) is 1.49. The molecule has 0 aliphatic rings. The Morgan fingerprint density at radius 3 is 2.56 bits per heavy atom. The normalized spacial score (nSPS) is 9.88. The summed E-state index contributed by atoms with van der Waals surface area (Å²) in [6.07, 6.45) is 3.09. The third-order valence-electron chi connectivity index (χ3n) is 1.79. The van der Waals surface area contributed by atoms with Gasteiger partial charge in [-0.15, -0.1) is 0 Å². The number of anilines is 1. The molecule has 2 rings (SSSR count). The number of nitrogens with one attached hydrogen (secondary N) is 1. The highest BCUT2D eigenvalue weighted by atomic mass is 79.9. The zero-order valence-corrected chi connectivity index (χ0v) is 9.81. The van der Waals surface area contributed by atoms with Gasteiger partial charge in [0.2, 0.25) is 5.95 Å². The molecular formula is C10H9BrN4O. The van der Waals surface area contributed by atoms with Crippen LogP contribution in [0.5, 0.6) is 11.5 Å². The van der Waals surface area contributed by atoms with Gasteiger partial charge in [0.15, 0.2) is 5.75 Å². The maximum absolute atomic E-state index is 5.54. The lowest BCUT2D eigenvalue weighted by molar-refractivity contribution is 0.477. The minimum Gasteiger partial charge on any atom is -0.454 e. The molecule has 0 saturated carbocycles. The average molecular weight is 281 g/mol. The van der Waals surface area contributed by atoms with E-state index in [2.05, 4.69) is 31.3 Å². The Morgan fingerprint density at radius 1 is 1.19 bits per heavy atom. The van der Waals surface area contributed by atoms with Crippen LogP contribution in [0.15, 0.2) is 41.1 Å². The summed E-state index contributed by atoms with van der Waals surface area (Å²) < 4.78 is 6.49. The lowest BCUT2D eigenvalue weighted by Crippen LogP contribution is -2.09. The van der Waals surface area contributed by atoms with Gasteiger partial charge in [-0.1, -0.05) is 22.0 Å². The van der Waals surface area contributed by atoms with E-state index in [0.717, 1.165) is 4.47 Å². The monoisotopic (exact) mass is 280 g/mol. The summed E-state index contributed by atoms with van der Waals surface area (Å²) in [5.41, 5.74) is 2.34. The Bertz CT molecular complexity index is 475.